The Morgan fingerprint density at radius 1 is 1.22 bits per heavy atom. The van der Waals surface area contributed by atoms with Gasteiger partial charge in [0.05, 0.1) is 17.7 Å². The summed E-state index contributed by atoms with van der Waals surface area (Å²) >= 11 is 11.6. The minimum Gasteiger partial charge on any atom is -0.453 e. The molecule has 1 aromatic rings. The first-order valence-electron chi connectivity index (χ1n) is 5.09. The third-order valence-electron chi connectivity index (χ3n) is 2.04. The van der Waals surface area contributed by atoms with Crippen molar-refractivity contribution in [3.63, 3.8) is 0 Å². The van der Waals surface area contributed by atoms with Crippen LogP contribution in [0.25, 0.3) is 0 Å². The van der Waals surface area contributed by atoms with E-state index in [1.165, 1.54) is 13.2 Å². The van der Waals surface area contributed by atoms with E-state index in [4.69, 9.17) is 23.2 Å². The van der Waals surface area contributed by atoms with Crippen LogP contribution in [-0.4, -0.2) is 32.2 Å². The molecule has 0 saturated heterocycles. The number of amides is 2. The smallest absolute Gasteiger partial charge is 0.406 e. The zero-order valence-electron chi connectivity index (χ0n) is 9.63. The van der Waals surface area contributed by atoms with Crippen molar-refractivity contribution >= 4 is 35.2 Å². The van der Waals surface area contributed by atoms with Gasteiger partial charge in [-0.25, -0.2) is 4.79 Å². The number of rotatable bonds is 4. The molecule has 2 amide bonds. The largest absolute Gasteiger partial charge is 0.453 e. The van der Waals surface area contributed by atoms with Gasteiger partial charge in [-0.3, -0.25) is 4.79 Å². The molecule has 18 heavy (non-hydrogen) atoms. The summed E-state index contributed by atoms with van der Waals surface area (Å²) in [5.74, 6) is -0.353. The van der Waals surface area contributed by atoms with E-state index in [1.807, 2.05) is 0 Å². The summed E-state index contributed by atoms with van der Waals surface area (Å²) in [6.45, 7) is 0.521. The number of alkyl carbamates (subject to hydrolysis) is 1. The second-order valence-electron chi connectivity index (χ2n) is 3.30. The molecule has 0 aliphatic carbocycles. The molecule has 0 saturated carbocycles. The van der Waals surface area contributed by atoms with Gasteiger partial charge in [-0.2, -0.15) is 0 Å². The molecular weight excluding hydrogens is 279 g/mol. The number of methoxy groups -OCH3 is 1. The molecule has 0 bridgehead atoms. The highest BCUT2D eigenvalue weighted by Gasteiger charge is 2.10. The van der Waals surface area contributed by atoms with E-state index in [1.54, 1.807) is 12.1 Å². The molecule has 1 rings (SSSR count). The highest BCUT2D eigenvalue weighted by molar-refractivity contribution is 6.35. The fraction of sp³-hybridized carbons (Fsp3) is 0.273. The Balaban J connectivity index is 2.46. The lowest BCUT2D eigenvalue weighted by atomic mass is 10.2. The lowest BCUT2D eigenvalue weighted by molar-refractivity contribution is 0.0953. The van der Waals surface area contributed by atoms with E-state index < -0.39 is 6.09 Å². The molecule has 0 spiro atoms. The van der Waals surface area contributed by atoms with E-state index in [0.717, 1.165) is 0 Å². The fourth-order valence-electron chi connectivity index (χ4n) is 1.18. The van der Waals surface area contributed by atoms with Crippen LogP contribution in [0.5, 0.6) is 0 Å². The second-order valence-corrected chi connectivity index (χ2v) is 4.14. The van der Waals surface area contributed by atoms with Crippen molar-refractivity contribution in [1.29, 1.82) is 0 Å². The monoisotopic (exact) mass is 290 g/mol. The molecule has 5 nitrogen and oxygen atoms in total. The van der Waals surface area contributed by atoms with Crippen molar-refractivity contribution in [3.05, 3.63) is 33.8 Å². The second kappa shape index (κ2) is 7.08. The molecule has 0 aliphatic heterocycles. The van der Waals surface area contributed by atoms with Gasteiger partial charge in [0.1, 0.15) is 0 Å². The van der Waals surface area contributed by atoms with Crippen LogP contribution < -0.4 is 10.6 Å². The topological polar surface area (TPSA) is 67.4 Å². The van der Waals surface area contributed by atoms with E-state index in [-0.39, 0.29) is 19.0 Å². The number of ether oxygens (including phenoxy) is 1. The number of benzene rings is 1. The van der Waals surface area contributed by atoms with E-state index in [0.29, 0.717) is 15.6 Å². The van der Waals surface area contributed by atoms with Crippen molar-refractivity contribution in [1.82, 2.24) is 10.6 Å². The number of nitrogens with one attached hydrogen (secondary N) is 2. The minimum atomic E-state index is -0.551. The Hall–Kier alpha value is -1.46. The zero-order chi connectivity index (χ0) is 13.5. The standard InChI is InChI=1S/C11H12Cl2N2O3/c1-18-11(17)15-5-4-14-10(16)8-6-7(12)2-3-9(8)13/h2-3,6H,4-5H2,1H3,(H,14,16)(H,15,17). The van der Waals surface area contributed by atoms with Crippen molar-refractivity contribution in [2.24, 2.45) is 0 Å². The molecule has 7 heteroatoms. The molecular formula is C11H12Cl2N2O3. The van der Waals surface area contributed by atoms with Crippen LogP contribution in [-0.2, 0) is 4.74 Å². The maximum atomic E-state index is 11.7. The molecule has 0 aromatic heterocycles. The average molecular weight is 291 g/mol. The van der Waals surface area contributed by atoms with Crippen LogP contribution in [0.3, 0.4) is 0 Å². The summed E-state index contributed by atoms with van der Waals surface area (Å²) in [7, 11) is 1.26. The van der Waals surface area contributed by atoms with Gasteiger partial charge in [-0.05, 0) is 18.2 Å². The normalized spacial score (nSPS) is 9.72. The quantitative estimate of drug-likeness (QED) is 0.835. The summed E-state index contributed by atoms with van der Waals surface area (Å²) < 4.78 is 4.38. The molecule has 0 radical (unpaired) electrons. The Bertz CT molecular complexity index is 452. The first-order chi connectivity index (χ1) is 8.54. The molecule has 0 aliphatic rings. The zero-order valence-corrected chi connectivity index (χ0v) is 11.1. The van der Waals surface area contributed by atoms with Gasteiger partial charge in [-0.15, -0.1) is 0 Å². The van der Waals surface area contributed by atoms with Gasteiger partial charge in [0.15, 0.2) is 0 Å². The van der Waals surface area contributed by atoms with E-state index >= 15 is 0 Å². The van der Waals surface area contributed by atoms with Gasteiger partial charge < -0.3 is 15.4 Å². The molecule has 0 unspecified atom stereocenters. The van der Waals surface area contributed by atoms with Crippen molar-refractivity contribution in [2.45, 2.75) is 0 Å². The van der Waals surface area contributed by atoms with Crippen LogP contribution in [0.15, 0.2) is 18.2 Å². The van der Waals surface area contributed by atoms with Crippen LogP contribution in [0.1, 0.15) is 10.4 Å². The Labute approximate surface area is 114 Å². The Morgan fingerprint density at radius 2 is 1.89 bits per heavy atom. The molecule has 0 fully saturated rings. The Kier molecular flexibility index (Phi) is 5.74. The van der Waals surface area contributed by atoms with Crippen LogP contribution in [0, 0.1) is 0 Å². The maximum Gasteiger partial charge on any atom is 0.406 e. The third-order valence-corrected chi connectivity index (χ3v) is 2.60. The molecule has 0 atom stereocenters. The van der Waals surface area contributed by atoms with E-state index in [2.05, 4.69) is 15.4 Å². The van der Waals surface area contributed by atoms with Gasteiger partial charge >= 0.3 is 6.09 Å². The first kappa shape index (κ1) is 14.6. The fourth-order valence-corrected chi connectivity index (χ4v) is 1.55. The Morgan fingerprint density at radius 3 is 2.56 bits per heavy atom. The molecule has 98 valence electrons. The molecule has 2 N–H and O–H groups in total. The number of carbonyl (C=O) groups excluding carboxylic acids is 2. The molecule has 0 heterocycles. The van der Waals surface area contributed by atoms with E-state index in [9.17, 15) is 9.59 Å². The van der Waals surface area contributed by atoms with Gasteiger partial charge in [-0.1, -0.05) is 23.2 Å². The molecule has 1 aromatic carbocycles. The highest BCUT2D eigenvalue weighted by atomic mass is 35.5. The predicted octanol–water partition coefficient (Wildman–Crippen LogP) is 2.08. The summed E-state index contributed by atoms with van der Waals surface area (Å²) in [6.07, 6.45) is -0.551. The van der Waals surface area contributed by atoms with Gasteiger partial charge in [0.2, 0.25) is 0 Å². The summed E-state index contributed by atoms with van der Waals surface area (Å²) in [6, 6.07) is 4.62. The van der Waals surface area contributed by atoms with Gasteiger partial charge in [0, 0.05) is 18.1 Å². The minimum absolute atomic E-state index is 0.261. The summed E-state index contributed by atoms with van der Waals surface area (Å²) in [5, 5.41) is 5.77. The predicted molar refractivity (Wildman–Crippen MR) is 69.2 cm³/mol. The number of hydrogen-bond donors (Lipinski definition) is 2. The van der Waals surface area contributed by atoms with Crippen LogP contribution in [0.2, 0.25) is 10.0 Å². The third kappa shape index (κ3) is 4.43. The lowest BCUT2D eigenvalue weighted by Gasteiger charge is -2.07. The van der Waals surface area contributed by atoms with Crippen LogP contribution >= 0.6 is 23.2 Å². The average Bonchev–Trinajstić information content (AvgIpc) is 2.36. The number of halogens is 2. The SMILES string of the molecule is COC(=O)NCCNC(=O)c1cc(Cl)ccc1Cl. The maximum absolute atomic E-state index is 11.7. The van der Waals surface area contributed by atoms with Gasteiger partial charge in [0.25, 0.3) is 5.91 Å². The van der Waals surface area contributed by atoms with Crippen molar-refractivity contribution in [2.75, 3.05) is 20.2 Å². The number of hydrogen-bond acceptors (Lipinski definition) is 3. The first-order valence-corrected chi connectivity index (χ1v) is 5.85. The number of carbonyl (C=O) groups is 2. The summed E-state index contributed by atoms with van der Waals surface area (Å²) in [5.41, 5.74) is 0.294. The van der Waals surface area contributed by atoms with Crippen molar-refractivity contribution < 1.29 is 14.3 Å². The van der Waals surface area contributed by atoms with Crippen LogP contribution in [0.4, 0.5) is 4.79 Å². The highest BCUT2D eigenvalue weighted by Crippen LogP contribution is 2.20. The van der Waals surface area contributed by atoms with Crippen molar-refractivity contribution in [3.8, 4) is 0 Å². The lowest BCUT2D eigenvalue weighted by Crippen LogP contribution is -2.34. The summed E-state index contributed by atoms with van der Waals surface area (Å²) in [4.78, 5) is 22.5.